The van der Waals surface area contributed by atoms with Gasteiger partial charge in [-0.2, -0.15) is 0 Å². The first-order valence-corrected chi connectivity index (χ1v) is 9.85. The Kier molecular flexibility index (Phi) is 5.33. The van der Waals surface area contributed by atoms with E-state index in [4.69, 9.17) is 9.47 Å². The number of amides is 1. The molecule has 1 aliphatic rings. The number of carbonyl (C=O) groups is 2. The predicted molar refractivity (Wildman–Crippen MR) is 103 cm³/mol. The highest BCUT2D eigenvalue weighted by Gasteiger charge is 2.37. The largest absolute Gasteiger partial charge is 0.478 e. The Balaban J connectivity index is 1.69. The summed E-state index contributed by atoms with van der Waals surface area (Å²) in [6, 6.07) is 6.06. The van der Waals surface area contributed by atoms with Gasteiger partial charge in [0.2, 0.25) is 0 Å². The van der Waals surface area contributed by atoms with Crippen molar-refractivity contribution in [1.29, 1.82) is 0 Å². The van der Waals surface area contributed by atoms with Crippen molar-refractivity contribution in [2.24, 2.45) is 0 Å². The van der Waals surface area contributed by atoms with Crippen molar-refractivity contribution in [1.82, 2.24) is 4.98 Å². The third kappa shape index (κ3) is 3.70. The van der Waals surface area contributed by atoms with Crippen molar-refractivity contribution in [2.45, 2.75) is 26.0 Å². The quantitative estimate of drug-likeness (QED) is 0.567. The van der Waals surface area contributed by atoms with Crippen molar-refractivity contribution >= 4 is 39.1 Å². The molecule has 0 aliphatic carbocycles. The first kappa shape index (κ1) is 20.1. The SMILES string of the molecule is CCOC(=O)CC1Oc2cc(F)ccc2N(Cc2nc3c(F)c(F)ccc3s2)C1=O. The molecule has 1 amide bonds. The lowest BCUT2D eigenvalue weighted by Crippen LogP contribution is -2.46. The number of fused-ring (bicyclic) bond motifs is 2. The topological polar surface area (TPSA) is 68.7 Å². The Labute approximate surface area is 172 Å². The minimum absolute atomic E-state index is 0.0828. The minimum atomic E-state index is -1.21. The van der Waals surface area contributed by atoms with Gasteiger partial charge in [0.25, 0.3) is 5.91 Å². The fourth-order valence-electron chi connectivity index (χ4n) is 3.15. The molecule has 0 spiro atoms. The van der Waals surface area contributed by atoms with Gasteiger partial charge >= 0.3 is 5.97 Å². The van der Waals surface area contributed by atoms with Crippen molar-refractivity contribution in [3.05, 3.63) is 52.8 Å². The molecule has 1 unspecified atom stereocenters. The summed E-state index contributed by atoms with van der Waals surface area (Å²) in [5.41, 5.74) is 0.158. The molecule has 4 rings (SSSR count). The van der Waals surface area contributed by atoms with Crippen molar-refractivity contribution < 1.29 is 32.2 Å². The second-order valence-electron chi connectivity index (χ2n) is 6.47. The van der Waals surface area contributed by atoms with Crippen LogP contribution in [0.25, 0.3) is 10.2 Å². The van der Waals surface area contributed by atoms with E-state index in [0.29, 0.717) is 9.71 Å². The third-order valence-electron chi connectivity index (χ3n) is 4.47. The number of halogens is 3. The van der Waals surface area contributed by atoms with Gasteiger partial charge in [-0.3, -0.25) is 14.5 Å². The van der Waals surface area contributed by atoms with Crippen LogP contribution in [-0.2, 0) is 20.9 Å². The molecule has 0 saturated carbocycles. The van der Waals surface area contributed by atoms with Crippen LogP contribution in [0.3, 0.4) is 0 Å². The van der Waals surface area contributed by atoms with Crippen LogP contribution >= 0.6 is 11.3 Å². The number of hydrogen-bond donors (Lipinski definition) is 0. The highest BCUT2D eigenvalue weighted by molar-refractivity contribution is 7.18. The first-order chi connectivity index (χ1) is 14.4. The van der Waals surface area contributed by atoms with Gasteiger partial charge in [-0.05, 0) is 31.2 Å². The van der Waals surface area contributed by atoms with Crippen LogP contribution in [0.4, 0.5) is 18.9 Å². The molecule has 0 radical (unpaired) electrons. The molecule has 10 heteroatoms. The van der Waals surface area contributed by atoms with Gasteiger partial charge in [0.15, 0.2) is 17.7 Å². The lowest BCUT2D eigenvalue weighted by atomic mass is 10.1. The molecule has 3 aromatic rings. The van der Waals surface area contributed by atoms with Crippen molar-refractivity contribution in [3.63, 3.8) is 0 Å². The molecule has 0 bridgehead atoms. The number of hydrogen-bond acceptors (Lipinski definition) is 6. The summed E-state index contributed by atoms with van der Waals surface area (Å²) in [5, 5.41) is 0.343. The van der Waals surface area contributed by atoms with Crippen LogP contribution in [0.5, 0.6) is 5.75 Å². The van der Waals surface area contributed by atoms with Gasteiger partial charge in [-0.25, -0.2) is 18.2 Å². The first-order valence-electron chi connectivity index (χ1n) is 9.04. The summed E-state index contributed by atoms with van der Waals surface area (Å²) in [5.74, 6) is -3.75. The van der Waals surface area contributed by atoms with Gasteiger partial charge in [-0.15, -0.1) is 11.3 Å². The van der Waals surface area contributed by atoms with E-state index in [1.807, 2.05) is 0 Å². The molecule has 0 N–H and O–H groups in total. The Hall–Kier alpha value is -3.14. The Bertz CT molecular complexity index is 1150. The van der Waals surface area contributed by atoms with E-state index < -0.39 is 35.4 Å². The van der Waals surface area contributed by atoms with Crippen LogP contribution in [0.15, 0.2) is 30.3 Å². The zero-order chi connectivity index (χ0) is 21.4. The third-order valence-corrected chi connectivity index (χ3v) is 5.48. The van der Waals surface area contributed by atoms with Gasteiger partial charge < -0.3 is 9.47 Å². The van der Waals surface area contributed by atoms with E-state index in [0.717, 1.165) is 23.5 Å². The minimum Gasteiger partial charge on any atom is -0.478 e. The molecule has 0 fully saturated rings. The molecule has 0 saturated heterocycles. The van der Waals surface area contributed by atoms with E-state index in [1.54, 1.807) is 6.92 Å². The summed E-state index contributed by atoms with van der Waals surface area (Å²) in [6.07, 6.45) is -1.55. The molecule has 2 heterocycles. The molecular weight excluding hydrogens is 421 g/mol. The van der Waals surface area contributed by atoms with Crippen LogP contribution in [-0.4, -0.2) is 29.6 Å². The van der Waals surface area contributed by atoms with Crippen molar-refractivity contribution in [2.75, 3.05) is 11.5 Å². The van der Waals surface area contributed by atoms with Crippen LogP contribution in [0.2, 0.25) is 0 Å². The Morgan fingerprint density at radius 2 is 2.07 bits per heavy atom. The summed E-state index contributed by atoms with van der Waals surface area (Å²) in [4.78, 5) is 30.2. The van der Waals surface area contributed by atoms with Crippen molar-refractivity contribution in [3.8, 4) is 5.75 Å². The predicted octanol–water partition coefficient (Wildman–Crippen LogP) is 3.96. The summed E-state index contributed by atoms with van der Waals surface area (Å²) in [7, 11) is 0. The second kappa shape index (κ2) is 7.94. The lowest BCUT2D eigenvalue weighted by Gasteiger charge is -2.33. The average Bonchev–Trinajstić information content (AvgIpc) is 3.11. The van der Waals surface area contributed by atoms with Gasteiger partial charge in [0.1, 0.15) is 22.1 Å². The number of ether oxygens (including phenoxy) is 2. The summed E-state index contributed by atoms with van der Waals surface area (Å²) >= 11 is 1.10. The number of anilines is 1. The number of esters is 1. The smallest absolute Gasteiger partial charge is 0.310 e. The van der Waals surface area contributed by atoms with Crippen LogP contribution in [0.1, 0.15) is 18.4 Å². The molecule has 1 atom stereocenters. The molecule has 6 nitrogen and oxygen atoms in total. The highest BCUT2D eigenvalue weighted by atomic mass is 32.1. The standard InChI is InChI=1S/C20H15F3N2O4S/c1-2-28-17(26)8-14-20(27)25(12-5-3-10(21)7-13(12)29-14)9-16-24-19-15(30-16)6-4-11(22)18(19)23/h3-7,14H,2,8-9H2,1H3. The van der Waals surface area contributed by atoms with Crippen LogP contribution < -0.4 is 9.64 Å². The molecule has 2 aromatic carbocycles. The molecule has 156 valence electrons. The van der Waals surface area contributed by atoms with Gasteiger partial charge in [0, 0.05) is 6.07 Å². The molecule has 1 aliphatic heterocycles. The fourth-order valence-corrected chi connectivity index (χ4v) is 4.10. The Morgan fingerprint density at radius 1 is 1.27 bits per heavy atom. The molecular formula is C20H15F3N2O4S. The van der Waals surface area contributed by atoms with E-state index in [-0.39, 0.29) is 36.5 Å². The Morgan fingerprint density at radius 3 is 2.83 bits per heavy atom. The summed E-state index contributed by atoms with van der Waals surface area (Å²) in [6.45, 7) is 1.69. The average molecular weight is 436 g/mol. The highest BCUT2D eigenvalue weighted by Crippen LogP contribution is 2.37. The van der Waals surface area contributed by atoms with Gasteiger partial charge in [0.05, 0.1) is 30.0 Å². The molecule has 1 aromatic heterocycles. The van der Waals surface area contributed by atoms with E-state index in [9.17, 15) is 22.8 Å². The number of carbonyl (C=O) groups excluding carboxylic acids is 2. The molecule has 30 heavy (non-hydrogen) atoms. The number of nitrogens with zero attached hydrogens (tertiary/aromatic N) is 2. The zero-order valence-electron chi connectivity index (χ0n) is 15.7. The number of benzene rings is 2. The van der Waals surface area contributed by atoms with E-state index >= 15 is 0 Å². The number of rotatable bonds is 5. The maximum absolute atomic E-state index is 14.0. The number of thiazole rings is 1. The van der Waals surface area contributed by atoms with E-state index in [2.05, 4.69) is 4.98 Å². The normalized spacial score (nSPS) is 15.8. The maximum Gasteiger partial charge on any atom is 0.310 e. The summed E-state index contributed by atoms with van der Waals surface area (Å²) < 4.78 is 52.0. The monoisotopic (exact) mass is 436 g/mol. The zero-order valence-corrected chi connectivity index (χ0v) is 16.5. The maximum atomic E-state index is 14.0. The fraction of sp³-hybridized carbons (Fsp3) is 0.250. The van der Waals surface area contributed by atoms with Gasteiger partial charge in [-0.1, -0.05) is 0 Å². The number of aromatic nitrogens is 1. The second-order valence-corrected chi connectivity index (χ2v) is 7.58. The van der Waals surface area contributed by atoms with E-state index in [1.165, 1.54) is 23.1 Å². The lowest BCUT2D eigenvalue weighted by molar-refractivity contribution is -0.147. The van der Waals surface area contributed by atoms with Crippen LogP contribution in [0, 0.1) is 17.5 Å².